The third-order valence-corrected chi connectivity index (χ3v) is 6.33. The van der Waals surface area contributed by atoms with E-state index in [4.69, 9.17) is 9.47 Å². The average molecular weight is 404 g/mol. The highest BCUT2D eigenvalue weighted by molar-refractivity contribution is 7.89. The van der Waals surface area contributed by atoms with Gasteiger partial charge in [-0.2, -0.15) is 0 Å². The van der Waals surface area contributed by atoms with Crippen molar-refractivity contribution in [2.45, 2.75) is 23.8 Å². The second-order valence-corrected chi connectivity index (χ2v) is 8.26. The highest BCUT2D eigenvalue weighted by atomic mass is 32.2. The number of piperidine rings is 1. The molecule has 0 bridgehead atoms. The molecule has 0 saturated carbocycles. The summed E-state index contributed by atoms with van der Waals surface area (Å²) in [6.07, 6.45) is 1.09. The SMILES string of the molecule is COc1cccc(C(=O)N2CCC(NS(=O)(=O)c3ccccc3)CC2)c1OC. The number of hydrogen-bond donors (Lipinski definition) is 1. The standard InChI is InChI=1S/C20H24N2O5S/c1-26-18-10-6-9-17(19(18)27-2)20(23)22-13-11-15(12-14-22)21-28(24,25)16-7-4-3-5-8-16/h3-10,15,21H,11-14H2,1-2H3. The van der Waals surface area contributed by atoms with Gasteiger partial charge in [-0.15, -0.1) is 0 Å². The number of carbonyl (C=O) groups excluding carboxylic acids is 1. The lowest BCUT2D eigenvalue weighted by atomic mass is 10.0. The van der Waals surface area contributed by atoms with Crippen molar-refractivity contribution in [3.63, 3.8) is 0 Å². The maximum Gasteiger partial charge on any atom is 0.257 e. The Balaban J connectivity index is 1.65. The largest absolute Gasteiger partial charge is 0.493 e. The van der Waals surface area contributed by atoms with E-state index in [1.54, 1.807) is 53.4 Å². The van der Waals surface area contributed by atoms with Crippen LogP contribution in [0, 0.1) is 0 Å². The fourth-order valence-corrected chi connectivity index (χ4v) is 4.64. The van der Waals surface area contributed by atoms with E-state index >= 15 is 0 Å². The zero-order chi connectivity index (χ0) is 20.1. The number of sulfonamides is 1. The lowest BCUT2D eigenvalue weighted by Crippen LogP contribution is -2.46. The molecule has 2 aromatic rings. The molecule has 1 amide bonds. The van der Waals surface area contributed by atoms with E-state index in [-0.39, 0.29) is 16.8 Å². The molecule has 3 rings (SSSR count). The maximum absolute atomic E-state index is 12.9. The summed E-state index contributed by atoms with van der Waals surface area (Å²) in [6, 6.07) is 13.3. The molecule has 0 spiro atoms. The minimum absolute atomic E-state index is 0.153. The molecule has 1 fully saturated rings. The van der Waals surface area contributed by atoms with Crippen LogP contribution in [0.25, 0.3) is 0 Å². The van der Waals surface area contributed by atoms with Crippen molar-refractivity contribution < 1.29 is 22.7 Å². The van der Waals surface area contributed by atoms with Gasteiger partial charge in [-0.05, 0) is 37.1 Å². The number of nitrogens with one attached hydrogen (secondary N) is 1. The van der Waals surface area contributed by atoms with Crippen LogP contribution in [-0.2, 0) is 10.0 Å². The number of likely N-dealkylation sites (tertiary alicyclic amines) is 1. The van der Waals surface area contributed by atoms with Crippen molar-refractivity contribution >= 4 is 15.9 Å². The number of hydrogen-bond acceptors (Lipinski definition) is 5. The van der Waals surface area contributed by atoms with Gasteiger partial charge in [0, 0.05) is 19.1 Å². The van der Waals surface area contributed by atoms with Gasteiger partial charge < -0.3 is 14.4 Å². The number of nitrogens with zero attached hydrogens (tertiary/aromatic N) is 1. The number of methoxy groups -OCH3 is 2. The Bertz CT molecular complexity index is 923. The van der Waals surface area contributed by atoms with E-state index < -0.39 is 10.0 Å². The van der Waals surface area contributed by atoms with Crippen LogP contribution in [0.3, 0.4) is 0 Å². The Morgan fingerprint density at radius 1 is 1.00 bits per heavy atom. The summed E-state index contributed by atoms with van der Waals surface area (Å²) < 4.78 is 38.3. The Hall–Kier alpha value is -2.58. The molecule has 0 radical (unpaired) electrons. The predicted octanol–water partition coefficient (Wildman–Crippen LogP) is 2.29. The minimum Gasteiger partial charge on any atom is -0.493 e. The highest BCUT2D eigenvalue weighted by Crippen LogP contribution is 2.32. The van der Waals surface area contributed by atoms with Gasteiger partial charge in [-0.25, -0.2) is 13.1 Å². The fraction of sp³-hybridized carbons (Fsp3) is 0.350. The van der Waals surface area contributed by atoms with Crippen molar-refractivity contribution in [2.75, 3.05) is 27.3 Å². The second kappa shape index (κ2) is 8.62. The van der Waals surface area contributed by atoms with Crippen LogP contribution in [-0.4, -0.2) is 52.6 Å². The van der Waals surface area contributed by atoms with Crippen LogP contribution < -0.4 is 14.2 Å². The van der Waals surface area contributed by atoms with Crippen molar-refractivity contribution in [1.82, 2.24) is 9.62 Å². The van der Waals surface area contributed by atoms with Gasteiger partial charge in [0.1, 0.15) is 0 Å². The molecular weight excluding hydrogens is 380 g/mol. The Morgan fingerprint density at radius 2 is 1.68 bits per heavy atom. The lowest BCUT2D eigenvalue weighted by Gasteiger charge is -2.32. The summed E-state index contributed by atoms with van der Waals surface area (Å²) in [5, 5.41) is 0. The predicted molar refractivity (Wildman–Crippen MR) is 105 cm³/mol. The van der Waals surface area contributed by atoms with Gasteiger partial charge in [-0.1, -0.05) is 24.3 Å². The monoisotopic (exact) mass is 404 g/mol. The zero-order valence-corrected chi connectivity index (χ0v) is 16.7. The number of para-hydroxylation sites is 1. The third kappa shape index (κ3) is 4.28. The van der Waals surface area contributed by atoms with Crippen molar-refractivity contribution in [1.29, 1.82) is 0 Å². The summed E-state index contributed by atoms with van der Waals surface area (Å²) in [4.78, 5) is 14.9. The molecule has 1 heterocycles. The van der Waals surface area contributed by atoms with Crippen LogP contribution in [0.5, 0.6) is 11.5 Å². The van der Waals surface area contributed by atoms with Gasteiger partial charge in [0.25, 0.3) is 5.91 Å². The van der Waals surface area contributed by atoms with Crippen molar-refractivity contribution in [2.24, 2.45) is 0 Å². The summed E-state index contributed by atoms with van der Waals surface area (Å²) in [6.45, 7) is 0.919. The van der Waals surface area contributed by atoms with Gasteiger partial charge in [0.15, 0.2) is 11.5 Å². The molecule has 0 atom stereocenters. The second-order valence-electron chi connectivity index (χ2n) is 6.54. The lowest BCUT2D eigenvalue weighted by molar-refractivity contribution is 0.0707. The van der Waals surface area contributed by atoms with E-state index in [0.717, 1.165) is 0 Å². The Morgan fingerprint density at radius 3 is 2.29 bits per heavy atom. The maximum atomic E-state index is 12.9. The van der Waals surface area contributed by atoms with E-state index in [1.165, 1.54) is 14.2 Å². The van der Waals surface area contributed by atoms with Crippen LogP contribution >= 0.6 is 0 Å². The Kier molecular flexibility index (Phi) is 6.21. The van der Waals surface area contributed by atoms with E-state index in [9.17, 15) is 13.2 Å². The molecule has 1 N–H and O–H groups in total. The van der Waals surface area contributed by atoms with Crippen molar-refractivity contribution in [3.05, 3.63) is 54.1 Å². The Labute approximate surface area is 165 Å². The van der Waals surface area contributed by atoms with E-state index in [0.29, 0.717) is 43.0 Å². The number of amides is 1. The molecule has 28 heavy (non-hydrogen) atoms. The van der Waals surface area contributed by atoms with Gasteiger partial charge in [0.2, 0.25) is 10.0 Å². The summed E-state index contributed by atoms with van der Waals surface area (Å²) >= 11 is 0. The van der Waals surface area contributed by atoms with Crippen LogP contribution in [0.2, 0.25) is 0 Å². The average Bonchev–Trinajstić information content (AvgIpc) is 2.73. The summed E-state index contributed by atoms with van der Waals surface area (Å²) in [5.41, 5.74) is 0.435. The zero-order valence-electron chi connectivity index (χ0n) is 15.9. The minimum atomic E-state index is -3.56. The van der Waals surface area contributed by atoms with Crippen molar-refractivity contribution in [3.8, 4) is 11.5 Å². The first-order valence-corrected chi connectivity index (χ1v) is 10.5. The number of ether oxygens (including phenoxy) is 2. The molecule has 0 aromatic heterocycles. The van der Waals surface area contributed by atoms with Gasteiger partial charge >= 0.3 is 0 Å². The summed E-state index contributed by atoms with van der Waals surface area (Å²) in [7, 11) is -0.536. The van der Waals surface area contributed by atoms with Crippen LogP contribution in [0.4, 0.5) is 0 Å². The quantitative estimate of drug-likeness (QED) is 0.799. The van der Waals surface area contributed by atoms with Gasteiger partial charge in [0.05, 0.1) is 24.7 Å². The first-order valence-electron chi connectivity index (χ1n) is 9.04. The molecule has 1 saturated heterocycles. The van der Waals surface area contributed by atoms with Crippen LogP contribution in [0.1, 0.15) is 23.2 Å². The number of rotatable bonds is 6. The fourth-order valence-electron chi connectivity index (χ4n) is 3.31. The molecule has 8 heteroatoms. The summed E-state index contributed by atoms with van der Waals surface area (Å²) in [5.74, 6) is 0.751. The smallest absolute Gasteiger partial charge is 0.257 e. The first kappa shape index (κ1) is 20.2. The third-order valence-electron chi connectivity index (χ3n) is 4.79. The molecule has 1 aliphatic heterocycles. The van der Waals surface area contributed by atoms with E-state index in [1.807, 2.05) is 0 Å². The number of benzene rings is 2. The molecule has 1 aliphatic rings. The van der Waals surface area contributed by atoms with Gasteiger partial charge in [-0.3, -0.25) is 4.79 Å². The van der Waals surface area contributed by atoms with E-state index in [2.05, 4.69) is 4.72 Å². The topological polar surface area (TPSA) is 84.9 Å². The highest BCUT2D eigenvalue weighted by Gasteiger charge is 2.28. The molecule has 7 nitrogen and oxygen atoms in total. The number of carbonyl (C=O) groups is 1. The molecule has 0 unspecified atom stereocenters. The normalized spacial score (nSPS) is 15.3. The molecule has 0 aliphatic carbocycles. The molecule has 2 aromatic carbocycles. The first-order chi connectivity index (χ1) is 13.5. The molecular formula is C20H24N2O5S. The molecule has 150 valence electrons. The van der Waals surface area contributed by atoms with Crippen LogP contribution in [0.15, 0.2) is 53.4 Å².